The molecule has 1 aromatic heterocycles. The molecule has 1 fully saturated rings. The number of hydrogen-bond donors (Lipinski definition) is 3. The van der Waals surface area contributed by atoms with Gasteiger partial charge in [-0.2, -0.15) is 0 Å². The van der Waals surface area contributed by atoms with E-state index in [1.165, 1.54) is 6.92 Å². The van der Waals surface area contributed by atoms with Gasteiger partial charge in [-0.05, 0) is 26.7 Å². The van der Waals surface area contributed by atoms with Crippen LogP contribution >= 0.6 is 0 Å². The summed E-state index contributed by atoms with van der Waals surface area (Å²) >= 11 is 0. The van der Waals surface area contributed by atoms with Gasteiger partial charge in [0.05, 0.1) is 13.2 Å². The molecule has 1 aliphatic rings. The minimum absolute atomic E-state index is 0.0229. The Morgan fingerprint density at radius 2 is 2.04 bits per heavy atom. The lowest BCUT2D eigenvalue weighted by Gasteiger charge is -2.27. The van der Waals surface area contributed by atoms with Crippen LogP contribution in [0.5, 0.6) is 0 Å². The van der Waals surface area contributed by atoms with Crippen LogP contribution < -0.4 is 15.8 Å². The van der Waals surface area contributed by atoms with E-state index in [0.29, 0.717) is 56.4 Å². The van der Waals surface area contributed by atoms with Gasteiger partial charge >= 0.3 is 5.97 Å². The van der Waals surface area contributed by atoms with Crippen LogP contribution in [0.4, 0.5) is 5.95 Å². The molecule has 2 rings (SSSR count). The van der Waals surface area contributed by atoms with E-state index in [4.69, 9.17) is 4.74 Å². The van der Waals surface area contributed by atoms with Crippen LogP contribution in [0.2, 0.25) is 0 Å². The average molecular weight is 380 g/mol. The zero-order chi connectivity index (χ0) is 20.0. The van der Waals surface area contributed by atoms with Crippen molar-refractivity contribution in [3.8, 4) is 0 Å². The topological polar surface area (TPSA) is 125 Å². The van der Waals surface area contributed by atoms with Crippen LogP contribution in [0, 0.1) is 6.92 Å². The third-order valence-electron chi connectivity index (χ3n) is 4.76. The summed E-state index contributed by atoms with van der Waals surface area (Å²) in [6, 6.07) is 0. The van der Waals surface area contributed by atoms with Gasteiger partial charge in [0.2, 0.25) is 11.9 Å². The molecule has 1 aromatic rings. The molecule has 2 heterocycles. The van der Waals surface area contributed by atoms with Crippen molar-refractivity contribution in [1.82, 2.24) is 15.3 Å². The number of aromatic nitrogens is 2. The summed E-state index contributed by atoms with van der Waals surface area (Å²) in [4.78, 5) is 45.3. The predicted octanol–water partition coefficient (Wildman–Crippen LogP) is 0.607. The summed E-state index contributed by atoms with van der Waals surface area (Å²) in [5.74, 6) is -0.955. The molecule has 9 nitrogen and oxygen atoms in total. The zero-order valence-electron chi connectivity index (χ0n) is 16.1. The maximum absolute atomic E-state index is 12.4. The minimum atomic E-state index is -1.30. The second kappa shape index (κ2) is 8.98. The van der Waals surface area contributed by atoms with Gasteiger partial charge in [0.1, 0.15) is 5.54 Å². The van der Waals surface area contributed by atoms with Crippen molar-refractivity contribution in [2.24, 2.45) is 0 Å². The van der Waals surface area contributed by atoms with Crippen molar-refractivity contribution in [1.29, 1.82) is 0 Å². The lowest BCUT2D eigenvalue weighted by Crippen LogP contribution is -2.52. The fourth-order valence-corrected chi connectivity index (χ4v) is 3.15. The van der Waals surface area contributed by atoms with Crippen LogP contribution in [0.1, 0.15) is 44.4 Å². The maximum atomic E-state index is 12.4. The first-order chi connectivity index (χ1) is 12.8. The summed E-state index contributed by atoms with van der Waals surface area (Å²) in [5.41, 5.74) is -0.560. The van der Waals surface area contributed by atoms with E-state index in [9.17, 15) is 19.5 Å². The number of carboxylic acids is 1. The van der Waals surface area contributed by atoms with Gasteiger partial charge in [-0.3, -0.25) is 14.6 Å². The summed E-state index contributed by atoms with van der Waals surface area (Å²) < 4.78 is 5.30. The van der Waals surface area contributed by atoms with E-state index >= 15 is 0 Å². The number of carbonyl (C=O) groups is 2. The van der Waals surface area contributed by atoms with E-state index in [1.54, 1.807) is 6.92 Å². The summed E-state index contributed by atoms with van der Waals surface area (Å²) in [5, 5.41) is 11.9. The number of aromatic amines is 1. The van der Waals surface area contributed by atoms with Crippen molar-refractivity contribution < 1.29 is 19.4 Å². The molecule has 1 saturated heterocycles. The molecule has 0 aliphatic carbocycles. The standard InChI is InChI=1S/C18H28N4O5/c1-4-7-18(3,16(25)26)21-14(23)6-5-13-12(2)19-17(20-15(13)24)22-8-10-27-11-9-22/h4-11H2,1-3H3,(H,21,23)(H,25,26)(H,19,20,24). The Balaban J connectivity index is 2.04. The van der Waals surface area contributed by atoms with Gasteiger partial charge in [0.25, 0.3) is 5.56 Å². The number of amides is 1. The fourth-order valence-electron chi connectivity index (χ4n) is 3.15. The third kappa shape index (κ3) is 5.29. The first kappa shape index (κ1) is 20.9. The molecular formula is C18H28N4O5. The van der Waals surface area contributed by atoms with Gasteiger partial charge in [-0.15, -0.1) is 0 Å². The minimum Gasteiger partial charge on any atom is -0.480 e. The van der Waals surface area contributed by atoms with Crippen LogP contribution in [-0.4, -0.2) is 58.8 Å². The Hall–Kier alpha value is -2.42. The number of aliphatic carboxylic acids is 1. The summed E-state index contributed by atoms with van der Waals surface area (Å²) in [6.45, 7) is 7.59. The Morgan fingerprint density at radius 3 is 2.59 bits per heavy atom. The number of morpholine rings is 1. The number of nitrogens with zero attached hydrogens (tertiary/aromatic N) is 2. The molecule has 1 atom stereocenters. The maximum Gasteiger partial charge on any atom is 0.329 e. The first-order valence-corrected chi connectivity index (χ1v) is 9.23. The van der Waals surface area contributed by atoms with Gasteiger partial charge in [0, 0.05) is 30.8 Å². The number of hydrogen-bond acceptors (Lipinski definition) is 6. The van der Waals surface area contributed by atoms with E-state index < -0.39 is 17.4 Å². The number of carbonyl (C=O) groups excluding carboxylic acids is 1. The molecule has 27 heavy (non-hydrogen) atoms. The van der Waals surface area contributed by atoms with E-state index in [2.05, 4.69) is 15.3 Å². The number of nitrogens with one attached hydrogen (secondary N) is 2. The molecule has 3 N–H and O–H groups in total. The Bertz CT molecular complexity index is 742. The molecule has 0 spiro atoms. The first-order valence-electron chi connectivity index (χ1n) is 9.23. The molecule has 1 unspecified atom stereocenters. The van der Waals surface area contributed by atoms with Gasteiger partial charge in [-0.25, -0.2) is 9.78 Å². The van der Waals surface area contributed by atoms with Crippen molar-refractivity contribution in [2.75, 3.05) is 31.2 Å². The second-order valence-electron chi connectivity index (χ2n) is 6.99. The Morgan fingerprint density at radius 1 is 1.37 bits per heavy atom. The molecule has 0 radical (unpaired) electrons. The fraction of sp³-hybridized carbons (Fsp3) is 0.667. The molecule has 1 aliphatic heterocycles. The number of anilines is 1. The Labute approximate surface area is 158 Å². The molecule has 0 bridgehead atoms. The van der Waals surface area contributed by atoms with Gasteiger partial charge < -0.3 is 20.1 Å². The summed E-state index contributed by atoms with van der Waals surface area (Å²) in [7, 11) is 0. The lowest BCUT2D eigenvalue weighted by molar-refractivity contribution is -0.147. The second-order valence-corrected chi connectivity index (χ2v) is 6.99. The van der Waals surface area contributed by atoms with Crippen LogP contribution in [0.25, 0.3) is 0 Å². The monoisotopic (exact) mass is 380 g/mol. The highest BCUT2D eigenvalue weighted by atomic mass is 16.5. The van der Waals surface area contributed by atoms with Crippen LogP contribution in [0.3, 0.4) is 0 Å². The summed E-state index contributed by atoms with van der Waals surface area (Å²) in [6.07, 6.45) is 1.19. The SMILES string of the molecule is CCCC(C)(NC(=O)CCc1c(C)nc(N2CCOCC2)[nH]c1=O)C(=O)O. The predicted molar refractivity (Wildman–Crippen MR) is 100 cm³/mol. The molecular weight excluding hydrogens is 352 g/mol. The number of aryl methyl sites for hydroxylation is 1. The van der Waals surface area contributed by atoms with Gasteiger partial charge in [0.15, 0.2) is 0 Å². The van der Waals surface area contributed by atoms with Crippen LogP contribution in [0.15, 0.2) is 4.79 Å². The van der Waals surface area contributed by atoms with Gasteiger partial charge in [-0.1, -0.05) is 13.3 Å². The van der Waals surface area contributed by atoms with E-state index in [1.807, 2.05) is 11.8 Å². The third-order valence-corrected chi connectivity index (χ3v) is 4.76. The van der Waals surface area contributed by atoms with Crippen molar-refractivity contribution in [2.45, 2.75) is 52.0 Å². The molecule has 9 heteroatoms. The average Bonchev–Trinajstić information content (AvgIpc) is 2.61. The van der Waals surface area contributed by atoms with Crippen LogP contribution in [-0.2, 0) is 20.7 Å². The highest BCUT2D eigenvalue weighted by Gasteiger charge is 2.33. The molecule has 1 amide bonds. The smallest absolute Gasteiger partial charge is 0.329 e. The van der Waals surface area contributed by atoms with Crippen molar-refractivity contribution in [3.63, 3.8) is 0 Å². The highest BCUT2D eigenvalue weighted by molar-refractivity contribution is 5.86. The van der Waals surface area contributed by atoms with Crippen molar-refractivity contribution >= 4 is 17.8 Å². The molecule has 150 valence electrons. The normalized spacial score (nSPS) is 16.6. The molecule has 0 saturated carbocycles. The van der Waals surface area contributed by atoms with Crippen molar-refractivity contribution in [3.05, 3.63) is 21.6 Å². The zero-order valence-corrected chi connectivity index (χ0v) is 16.1. The van der Waals surface area contributed by atoms with E-state index in [-0.39, 0.29) is 18.4 Å². The van der Waals surface area contributed by atoms with E-state index in [0.717, 1.165) is 0 Å². The number of ether oxygens (including phenoxy) is 1. The Kier molecular flexibility index (Phi) is 6.95. The highest BCUT2D eigenvalue weighted by Crippen LogP contribution is 2.14. The number of carboxylic acid groups (broad SMARTS) is 1. The quantitative estimate of drug-likeness (QED) is 0.603. The lowest BCUT2D eigenvalue weighted by atomic mass is 9.96. The number of rotatable bonds is 8. The molecule has 0 aromatic carbocycles. The largest absolute Gasteiger partial charge is 0.480 e. The number of H-pyrrole nitrogens is 1.